The van der Waals surface area contributed by atoms with Crippen LogP contribution in [-0.2, 0) is 37.3 Å². The topological polar surface area (TPSA) is 33.5 Å². The molecule has 0 aliphatic carbocycles. The first kappa shape index (κ1) is 48.4. The van der Waals surface area contributed by atoms with Crippen LogP contribution in [0, 0.1) is 18.8 Å². The van der Waals surface area contributed by atoms with Gasteiger partial charge in [-0.2, -0.15) is 12.1 Å². The molecule has 6 heteroatoms. The fraction of sp³-hybridized carbons (Fsp3) is 0.182. The minimum atomic E-state index is -0.0584. The fourth-order valence-electron chi connectivity index (χ4n) is 9.74. The molecule has 1 aliphatic heterocycles. The van der Waals surface area contributed by atoms with E-state index in [2.05, 4.69) is 259 Å². The van der Waals surface area contributed by atoms with E-state index < -0.39 is 0 Å². The molecule has 0 atom stereocenters. The maximum atomic E-state index is 6.78. The predicted octanol–water partition coefficient (Wildman–Crippen LogP) is 17.9. The first-order valence-electron chi connectivity index (χ1n) is 24.7. The molecule has 1 aliphatic rings. The summed E-state index contributed by atoms with van der Waals surface area (Å²) in [7, 11) is 0. The third-order valence-corrected chi connectivity index (χ3v) is 13.8. The Bertz CT molecular complexity index is 3610. The normalized spacial score (nSPS) is 12.8. The largest absolute Gasteiger partial charge is 0.509 e. The average Bonchev–Trinajstić information content (AvgIpc) is 3.92. The van der Waals surface area contributed by atoms with E-state index in [1.807, 2.05) is 24.4 Å². The molecule has 0 bridgehead atoms. The van der Waals surface area contributed by atoms with E-state index in [1.54, 1.807) is 0 Å². The Morgan fingerprint density at radius 3 is 1.83 bits per heavy atom. The number of benzene rings is 8. The number of hydrogen-bond donors (Lipinski definition) is 0. The Labute approximate surface area is 440 Å². The van der Waals surface area contributed by atoms with Crippen LogP contribution in [-0.4, -0.2) is 9.55 Å². The number of fused-ring (bicyclic) bond motifs is 4. The molecule has 0 amide bonds. The molecule has 0 saturated carbocycles. The zero-order valence-corrected chi connectivity index (χ0v) is 44.8. The molecule has 362 valence electrons. The number of anilines is 4. The van der Waals surface area contributed by atoms with E-state index in [0.717, 1.165) is 72.6 Å². The molecule has 10 aromatic rings. The van der Waals surface area contributed by atoms with Gasteiger partial charge in [-0.3, -0.25) is 0 Å². The van der Waals surface area contributed by atoms with Crippen molar-refractivity contribution in [1.29, 1.82) is 0 Å². The third-order valence-electron chi connectivity index (χ3n) is 13.8. The quantitative estimate of drug-likeness (QED) is 0.142. The van der Waals surface area contributed by atoms with Gasteiger partial charge in [0.15, 0.2) is 0 Å². The summed E-state index contributed by atoms with van der Waals surface area (Å²) in [5, 5.41) is 2.19. The third kappa shape index (κ3) is 9.28. The molecular weight excluding hydrogens is 1060 g/mol. The minimum Gasteiger partial charge on any atom is -0.509 e. The molecule has 0 saturated heterocycles. The summed E-state index contributed by atoms with van der Waals surface area (Å²) in [6.07, 6.45) is 2.03. The second-order valence-electron chi connectivity index (χ2n) is 21.9. The van der Waals surface area contributed by atoms with Crippen LogP contribution in [0.5, 0.6) is 11.5 Å². The van der Waals surface area contributed by atoms with Crippen molar-refractivity contribution in [2.75, 3.05) is 9.80 Å². The van der Waals surface area contributed by atoms with Gasteiger partial charge in [-0.15, -0.1) is 48.1 Å². The van der Waals surface area contributed by atoms with Gasteiger partial charge in [-0.25, -0.2) is 4.98 Å². The first-order chi connectivity index (χ1) is 34.1. The molecular formula is C66H59N4OPt-3. The molecule has 2 aromatic heterocycles. The standard InChI is InChI=1S/C66H59N4O.Pt/c1-64(2,3)48-25-18-24-46(34-48)58-42-67-63(41-57(58)45-22-14-11-15-23-45)70-59-29-17-16-28-55(59)56-32-31-54(40-61(56)70)71-53-27-19-26-51(39-53)68-43-69(60-33-30-49(38-62(60)68)65(4,5)6)52-36-47(44-20-12-10-13-21-44)35-50(37-52)66(7,8)9;/h10-38,41-43H,1-9H3;/q-3;. The summed E-state index contributed by atoms with van der Waals surface area (Å²) < 4.78 is 9.00. The maximum Gasteiger partial charge on any atom is 0.136 e. The van der Waals surface area contributed by atoms with Crippen LogP contribution in [0.3, 0.4) is 0 Å². The van der Waals surface area contributed by atoms with Gasteiger partial charge in [0.25, 0.3) is 0 Å². The smallest absolute Gasteiger partial charge is 0.136 e. The number of rotatable bonds is 8. The van der Waals surface area contributed by atoms with Gasteiger partial charge >= 0.3 is 0 Å². The van der Waals surface area contributed by atoms with E-state index >= 15 is 0 Å². The van der Waals surface area contributed by atoms with Crippen molar-refractivity contribution < 1.29 is 25.8 Å². The summed E-state index contributed by atoms with van der Waals surface area (Å²) in [5.74, 6) is 1.98. The van der Waals surface area contributed by atoms with Crippen molar-refractivity contribution >= 4 is 44.6 Å². The van der Waals surface area contributed by atoms with Gasteiger partial charge in [-0.1, -0.05) is 183 Å². The second kappa shape index (κ2) is 18.8. The minimum absolute atomic E-state index is 0. The van der Waals surface area contributed by atoms with Gasteiger partial charge in [0.2, 0.25) is 0 Å². The van der Waals surface area contributed by atoms with Gasteiger partial charge in [0.1, 0.15) is 5.82 Å². The molecule has 0 unspecified atom stereocenters. The number of pyridine rings is 1. The summed E-state index contributed by atoms with van der Waals surface area (Å²) in [4.78, 5) is 9.79. The molecule has 0 spiro atoms. The first-order valence-corrected chi connectivity index (χ1v) is 24.7. The average molecular weight is 1120 g/mol. The van der Waals surface area contributed by atoms with Crippen molar-refractivity contribution in [3.05, 3.63) is 224 Å². The van der Waals surface area contributed by atoms with Gasteiger partial charge in [-0.05, 0) is 103 Å². The van der Waals surface area contributed by atoms with Crippen LogP contribution in [0.4, 0.5) is 22.7 Å². The van der Waals surface area contributed by atoms with Gasteiger partial charge < -0.3 is 19.1 Å². The zero-order valence-electron chi connectivity index (χ0n) is 42.5. The van der Waals surface area contributed by atoms with E-state index in [1.165, 1.54) is 27.8 Å². The molecule has 8 aromatic carbocycles. The van der Waals surface area contributed by atoms with Crippen molar-refractivity contribution in [1.82, 2.24) is 9.55 Å². The van der Waals surface area contributed by atoms with Crippen LogP contribution >= 0.6 is 0 Å². The monoisotopic (exact) mass is 1120 g/mol. The van der Waals surface area contributed by atoms with E-state index in [0.29, 0.717) is 11.5 Å². The maximum absolute atomic E-state index is 6.78. The summed E-state index contributed by atoms with van der Waals surface area (Å²) in [5.41, 5.74) is 16.6. The Kier molecular flexibility index (Phi) is 12.6. The summed E-state index contributed by atoms with van der Waals surface area (Å²) in [6.45, 7) is 22.6. The van der Waals surface area contributed by atoms with Crippen molar-refractivity contribution in [3.8, 4) is 50.7 Å². The fourth-order valence-corrected chi connectivity index (χ4v) is 9.74. The number of nitrogens with zero attached hydrogens (tertiary/aromatic N) is 4. The second-order valence-corrected chi connectivity index (χ2v) is 21.9. The number of ether oxygens (including phenoxy) is 1. The SMILES string of the molecule is CC(C)(C)c1cccc(-c2cnc(-n3c4[c-]c(Oc5[c-]c(N6[CH-]N(c7cc(-c8ccccc8)cc(C(C)(C)C)c7)c7ccc(C(C)(C)C)cc76)ccc5)ccc4c4ccccc43)cc2-c2ccccc2)c1.[Pt]. The molecule has 72 heavy (non-hydrogen) atoms. The molecule has 3 heterocycles. The van der Waals surface area contributed by atoms with E-state index in [9.17, 15) is 0 Å². The summed E-state index contributed by atoms with van der Waals surface area (Å²) >= 11 is 0. The molecule has 0 radical (unpaired) electrons. The Morgan fingerprint density at radius 2 is 1.10 bits per heavy atom. The summed E-state index contributed by atoms with van der Waals surface area (Å²) in [6, 6.07) is 72.3. The van der Waals surface area contributed by atoms with Crippen molar-refractivity contribution in [3.63, 3.8) is 0 Å². The van der Waals surface area contributed by atoms with E-state index in [4.69, 9.17) is 9.72 Å². The van der Waals surface area contributed by atoms with Gasteiger partial charge in [0, 0.05) is 66.9 Å². The van der Waals surface area contributed by atoms with Crippen LogP contribution in [0.25, 0.3) is 61.0 Å². The number of aromatic nitrogens is 2. The Balaban J connectivity index is 0.00000596. The number of para-hydroxylation sites is 1. The van der Waals surface area contributed by atoms with Crippen LogP contribution in [0.1, 0.15) is 79.0 Å². The van der Waals surface area contributed by atoms with Gasteiger partial charge in [0.05, 0.1) is 0 Å². The van der Waals surface area contributed by atoms with Crippen LogP contribution < -0.4 is 14.5 Å². The van der Waals surface area contributed by atoms with Crippen LogP contribution in [0.15, 0.2) is 188 Å². The Morgan fingerprint density at radius 1 is 0.458 bits per heavy atom. The van der Waals surface area contributed by atoms with E-state index in [-0.39, 0.29) is 37.3 Å². The Hall–Kier alpha value is -7.20. The van der Waals surface area contributed by atoms with Crippen molar-refractivity contribution in [2.24, 2.45) is 0 Å². The molecule has 0 fully saturated rings. The predicted molar refractivity (Wildman–Crippen MR) is 297 cm³/mol. The molecule has 11 rings (SSSR count). The molecule has 0 N–H and O–H groups in total. The van der Waals surface area contributed by atoms with Crippen LogP contribution in [0.2, 0.25) is 0 Å². The number of hydrogen-bond acceptors (Lipinski definition) is 4. The zero-order chi connectivity index (χ0) is 49.2. The molecule has 5 nitrogen and oxygen atoms in total. The van der Waals surface area contributed by atoms with Crippen molar-refractivity contribution in [2.45, 2.75) is 78.6 Å².